The van der Waals surface area contributed by atoms with Gasteiger partial charge in [-0.3, -0.25) is 0 Å². The zero-order valence-electron chi connectivity index (χ0n) is 12.1. The number of halogens is 2. The van der Waals surface area contributed by atoms with Gasteiger partial charge in [-0.25, -0.2) is 21.9 Å². The van der Waals surface area contributed by atoms with Crippen LogP contribution in [0.4, 0.5) is 8.78 Å². The number of rotatable bonds is 6. The summed E-state index contributed by atoms with van der Waals surface area (Å²) in [6.45, 7) is 1.99. The van der Waals surface area contributed by atoms with Crippen molar-refractivity contribution in [2.45, 2.75) is 19.1 Å². The molecular formula is C16H17F2NO2S. The van der Waals surface area contributed by atoms with E-state index < -0.39 is 21.7 Å². The number of sulfonamides is 1. The Kier molecular flexibility index (Phi) is 5.26. The van der Waals surface area contributed by atoms with Crippen LogP contribution in [-0.2, 0) is 22.2 Å². The number of hydrogen-bond acceptors (Lipinski definition) is 2. The van der Waals surface area contributed by atoms with Crippen molar-refractivity contribution in [3.8, 4) is 0 Å². The molecule has 0 bridgehead atoms. The van der Waals surface area contributed by atoms with Crippen LogP contribution in [0, 0.1) is 18.6 Å². The first kappa shape index (κ1) is 16.6. The van der Waals surface area contributed by atoms with E-state index >= 15 is 0 Å². The second kappa shape index (κ2) is 6.98. The van der Waals surface area contributed by atoms with E-state index in [1.165, 1.54) is 6.07 Å². The standard InChI is InChI=1S/C16H17F2NO2S/c1-12-4-2-3-5-14(12)11-22(20,21)19-9-8-13-6-7-15(17)16(18)10-13/h2-7,10,19H,8-9,11H2,1H3. The molecule has 3 nitrogen and oxygen atoms in total. The molecule has 2 aromatic rings. The van der Waals surface area contributed by atoms with Gasteiger partial charge in [0.1, 0.15) is 0 Å². The highest BCUT2D eigenvalue weighted by Crippen LogP contribution is 2.11. The van der Waals surface area contributed by atoms with E-state index in [0.29, 0.717) is 12.0 Å². The molecule has 0 saturated heterocycles. The van der Waals surface area contributed by atoms with Gasteiger partial charge in [-0.15, -0.1) is 0 Å². The van der Waals surface area contributed by atoms with Gasteiger partial charge in [0.2, 0.25) is 10.0 Å². The van der Waals surface area contributed by atoms with Crippen LogP contribution in [0.3, 0.4) is 0 Å². The Hall–Kier alpha value is -1.79. The Morgan fingerprint density at radius 1 is 1.05 bits per heavy atom. The monoisotopic (exact) mass is 325 g/mol. The molecule has 0 unspecified atom stereocenters. The lowest BCUT2D eigenvalue weighted by atomic mass is 10.1. The quantitative estimate of drug-likeness (QED) is 0.887. The Labute approximate surface area is 129 Å². The summed E-state index contributed by atoms with van der Waals surface area (Å²) >= 11 is 0. The molecule has 0 heterocycles. The van der Waals surface area contributed by atoms with Gasteiger partial charge in [-0.05, 0) is 42.2 Å². The van der Waals surface area contributed by atoms with Crippen LogP contribution in [0.5, 0.6) is 0 Å². The van der Waals surface area contributed by atoms with Gasteiger partial charge < -0.3 is 0 Å². The van der Waals surface area contributed by atoms with Crippen molar-refractivity contribution in [2.75, 3.05) is 6.54 Å². The summed E-state index contributed by atoms with van der Waals surface area (Å²) in [5.74, 6) is -1.94. The van der Waals surface area contributed by atoms with E-state index in [9.17, 15) is 17.2 Å². The summed E-state index contributed by atoms with van der Waals surface area (Å²) in [6, 6.07) is 10.8. The van der Waals surface area contributed by atoms with Crippen LogP contribution in [0.25, 0.3) is 0 Å². The fourth-order valence-electron chi connectivity index (χ4n) is 2.07. The lowest BCUT2D eigenvalue weighted by molar-refractivity contribution is 0.507. The zero-order valence-corrected chi connectivity index (χ0v) is 13.0. The van der Waals surface area contributed by atoms with Crippen molar-refractivity contribution in [2.24, 2.45) is 0 Å². The Bertz CT molecular complexity index is 760. The smallest absolute Gasteiger partial charge is 0.215 e. The Balaban J connectivity index is 1.92. The van der Waals surface area contributed by atoms with E-state index in [2.05, 4.69) is 4.72 Å². The molecule has 2 rings (SSSR count). The molecule has 0 fully saturated rings. The van der Waals surface area contributed by atoms with Crippen LogP contribution in [0.2, 0.25) is 0 Å². The Morgan fingerprint density at radius 2 is 1.77 bits per heavy atom. The molecule has 1 N–H and O–H groups in total. The van der Waals surface area contributed by atoms with Crippen LogP contribution < -0.4 is 4.72 Å². The number of hydrogen-bond donors (Lipinski definition) is 1. The Morgan fingerprint density at radius 3 is 2.45 bits per heavy atom. The van der Waals surface area contributed by atoms with Crippen molar-refractivity contribution < 1.29 is 17.2 Å². The molecule has 2 aromatic carbocycles. The molecule has 0 radical (unpaired) electrons. The molecule has 6 heteroatoms. The summed E-state index contributed by atoms with van der Waals surface area (Å²) in [5.41, 5.74) is 2.19. The number of benzene rings is 2. The van der Waals surface area contributed by atoms with Crippen molar-refractivity contribution in [3.05, 3.63) is 70.8 Å². The van der Waals surface area contributed by atoms with Crippen LogP contribution in [0.1, 0.15) is 16.7 Å². The molecule has 22 heavy (non-hydrogen) atoms. The largest absolute Gasteiger partial charge is 0.215 e. The fourth-order valence-corrected chi connectivity index (χ4v) is 3.32. The molecule has 0 atom stereocenters. The zero-order chi connectivity index (χ0) is 16.2. The van der Waals surface area contributed by atoms with E-state index in [-0.39, 0.29) is 12.3 Å². The number of aryl methyl sites for hydroxylation is 1. The van der Waals surface area contributed by atoms with Crippen LogP contribution in [-0.4, -0.2) is 15.0 Å². The summed E-state index contributed by atoms with van der Waals surface area (Å²) in [5, 5.41) is 0. The van der Waals surface area contributed by atoms with Gasteiger partial charge in [-0.1, -0.05) is 30.3 Å². The van der Waals surface area contributed by atoms with E-state index in [0.717, 1.165) is 23.3 Å². The van der Waals surface area contributed by atoms with Crippen LogP contribution in [0.15, 0.2) is 42.5 Å². The van der Waals surface area contributed by atoms with Gasteiger partial charge in [0.25, 0.3) is 0 Å². The SMILES string of the molecule is Cc1ccccc1CS(=O)(=O)NCCc1ccc(F)c(F)c1. The molecule has 0 amide bonds. The summed E-state index contributed by atoms with van der Waals surface area (Å²) < 4.78 is 52.4. The average molecular weight is 325 g/mol. The fraction of sp³-hybridized carbons (Fsp3) is 0.250. The first-order valence-electron chi connectivity index (χ1n) is 6.83. The minimum absolute atomic E-state index is 0.0997. The topological polar surface area (TPSA) is 46.2 Å². The maximum Gasteiger partial charge on any atom is 0.215 e. The third-order valence-corrected chi connectivity index (χ3v) is 4.66. The molecule has 0 saturated carbocycles. The lowest BCUT2D eigenvalue weighted by Gasteiger charge is -2.09. The van der Waals surface area contributed by atoms with Gasteiger partial charge in [0.15, 0.2) is 11.6 Å². The third-order valence-electron chi connectivity index (χ3n) is 3.33. The van der Waals surface area contributed by atoms with Gasteiger partial charge in [0.05, 0.1) is 5.75 Å². The van der Waals surface area contributed by atoms with Crippen molar-refractivity contribution in [1.82, 2.24) is 4.72 Å². The van der Waals surface area contributed by atoms with E-state index in [1.54, 1.807) is 12.1 Å². The maximum atomic E-state index is 13.1. The second-order valence-corrected chi connectivity index (χ2v) is 6.89. The average Bonchev–Trinajstić information content (AvgIpc) is 2.45. The van der Waals surface area contributed by atoms with Crippen LogP contribution >= 0.6 is 0 Å². The predicted molar refractivity (Wildman–Crippen MR) is 81.9 cm³/mol. The highest BCUT2D eigenvalue weighted by Gasteiger charge is 2.12. The molecule has 118 valence electrons. The minimum atomic E-state index is -3.46. The maximum absolute atomic E-state index is 13.1. The molecule has 0 spiro atoms. The normalized spacial score (nSPS) is 11.6. The molecule has 0 aromatic heterocycles. The first-order valence-corrected chi connectivity index (χ1v) is 8.48. The summed E-state index contributed by atoms with van der Waals surface area (Å²) in [6.07, 6.45) is 0.296. The lowest BCUT2D eigenvalue weighted by Crippen LogP contribution is -2.27. The third kappa shape index (κ3) is 4.61. The van der Waals surface area contributed by atoms with E-state index in [1.807, 2.05) is 19.1 Å². The molecular weight excluding hydrogens is 308 g/mol. The summed E-state index contributed by atoms with van der Waals surface area (Å²) in [4.78, 5) is 0. The summed E-state index contributed by atoms with van der Waals surface area (Å²) in [7, 11) is -3.46. The molecule has 0 aliphatic rings. The highest BCUT2D eigenvalue weighted by atomic mass is 32.2. The van der Waals surface area contributed by atoms with Crippen molar-refractivity contribution >= 4 is 10.0 Å². The molecule has 0 aliphatic heterocycles. The van der Waals surface area contributed by atoms with Gasteiger partial charge in [-0.2, -0.15) is 0 Å². The number of nitrogens with one attached hydrogen (secondary N) is 1. The first-order chi connectivity index (χ1) is 10.4. The molecule has 0 aliphatic carbocycles. The second-order valence-electron chi connectivity index (χ2n) is 5.08. The van der Waals surface area contributed by atoms with Gasteiger partial charge >= 0.3 is 0 Å². The highest BCUT2D eigenvalue weighted by molar-refractivity contribution is 7.88. The minimum Gasteiger partial charge on any atom is -0.215 e. The van der Waals surface area contributed by atoms with Crippen molar-refractivity contribution in [1.29, 1.82) is 0 Å². The van der Waals surface area contributed by atoms with Gasteiger partial charge in [0, 0.05) is 6.54 Å². The van der Waals surface area contributed by atoms with Crippen molar-refractivity contribution in [3.63, 3.8) is 0 Å². The van der Waals surface area contributed by atoms with E-state index in [4.69, 9.17) is 0 Å². The predicted octanol–water partition coefficient (Wildman–Crippen LogP) is 2.94.